The van der Waals surface area contributed by atoms with Crippen LogP contribution in [0.15, 0.2) is 48.5 Å². The minimum Gasteiger partial charge on any atom is -0.394 e. The summed E-state index contributed by atoms with van der Waals surface area (Å²) < 4.78 is 7.94. The Morgan fingerprint density at radius 2 is 0.857 bits per heavy atom. The molecule has 1 aliphatic carbocycles. The summed E-state index contributed by atoms with van der Waals surface area (Å²) in [5, 5.41) is 0. The molecule has 0 amide bonds. The van der Waals surface area contributed by atoms with Gasteiger partial charge in [0.25, 0.3) is 0 Å². The molecule has 7 nitrogen and oxygen atoms in total. The summed E-state index contributed by atoms with van der Waals surface area (Å²) in [7, 11) is 0. The first-order valence-corrected chi connectivity index (χ1v) is 11.5. The fraction of sp³-hybridized carbons (Fsp3) is 0.393. The van der Waals surface area contributed by atoms with Crippen molar-refractivity contribution in [1.82, 2.24) is 0 Å². The number of fused-ring (bicyclic) bond motifs is 2. The Hall–Kier alpha value is -3.61. The fourth-order valence-electron chi connectivity index (χ4n) is 2.55. The third kappa shape index (κ3) is 16.6. The molecule has 7 heteroatoms. The van der Waals surface area contributed by atoms with E-state index in [-0.39, 0.29) is 5.78 Å². The highest BCUT2D eigenvalue weighted by Crippen LogP contribution is 2.26. The predicted molar refractivity (Wildman–Crippen MR) is 136 cm³/mol. The van der Waals surface area contributed by atoms with E-state index in [1.165, 1.54) is 40.5 Å². The van der Waals surface area contributed by atoms with Crippen molar-refractivity contribution in [2.24, 2.45) is 0 Å². The van der Waals surface area contributed by atoms with Crippen LogP contribution in [-0.2, 0) is 35.1 Å². The Morgan fingerprint density at radius 1 is 0.600 bits per heavy atom. The molecule has 0 radical (unpaired) electrons. The standard InChI is InChI=1S/C14H10O.2C4H6O3.2C3H8/c15-14-12-7-3-1-5-10(12)9-11-6-2-4-8-13(11)14;2*1-3(5)7-4(2)6;2*1-3-2/h1-8H,9H2;2*1-2H3;2*3H2,1-2H3. The molecule has 0 unspecified atom stereocenters. The van der Waals surface area contributed by atoms with Crippen LogP contribution in [0.1, 0.15) is 95.3 Å². The SMILES string of the molecule is CC(=O)OC(C)=O.CC(=O)OC(C)=O.CCC.CCC.O=C1c2ccccc2Cc2ccccc21. The van der Waals surface area contributed by atoms with Gasteiger partial charge in [-0.05, 0) is 17.5 Å². The van der Waals surface area contributed by atoms with Gasteiger partial charge in [0.2, 0.25) is 0 Å². The highest BCUT2D eigenvalue weighted by atomic mass is 16.6. The molecule has 0 bridgehead atoms. The van der Waals surface area contributed by atoms with Gasteiger partial charge in [0, 0.05) is 38.8 Å². The summed E-state index contributed by atoms with van der Waals surface area (Å²) in [6.45, 7) is 13.2. The Kier molecular flexibility index (Phi) is 19.0. The summed E-state index contributed by atoms with van der Waals surface area (Å²) in [6.07, 6.45) is 3.37. The molecule has 1 aliphatic rings. The van der Waals surface area contributed by atoms with E-state index in [0.717, 1.165) is 28.7 Å². The number of rotatable bonds is 0. The van der Waals surface area contributed by atoms with Crippen molar-refractivity contribution in [2.45, 2.75) is 74.7 Å². The second-order valence-electron chi connectivity index (χ2n) is 7.40. The lowest BCUT2D eigenvalue weighted by molar-refractivity contribution is -0.158. The average Bonchev–Trinajstić information content (AvgIpc) is 2.74. The van der Waals surface area contributed by atoms with Crippen LogP contribution in [0.4, 0.5) is 0 Å². The molecular formula is C28H38O7. The fourth-order valence-corrected chi connectivity index (χ4v) is 2.55. The summed E-state index contributed by atoms with van der Waals surface area (Å²) in [5.41, 5.74) is 4.00. The molecule has 192 valence electrons. The topological polar surface area (TPSA) is 104 Å². The largest absolute Gasteiger partial charge is 0.394 e. The highest BCUT2D eigenvalue weighted by molar-refractivity contribution is 6.12. The van der Waals surface area contributed by atoms with Crippen LogP contribution >= 0.6 is 0 Å². The normalized spacial score (nSPS) is 9.77. The van der Waals surface area contributed by atoms with Crippen molar-refractivity contribution in [3.05, 3.63) is 70.8 Å². The number of carbonyl (C=O) groups is 5. The average molecular weight is 487 g/mol. The maximum Gasteiger partial charge on any atom is 0.310 e. The minimum atomic E-state index is -0.562. The smallest absolute Gasteiger partial charge is 0.310 e. The Balaban J connectivity index is 0. The Labute approximate surface area is 208 Å². The summed E-state index contributed by atoms with van der Waals surface area (Å²) >= 11 is 0. The summed E-state index contributed by atoms with van der Waals surface area (Å²) in [6, 6.07) is 15.7. The summed E-state index contributed by atoms with van der Waals surface area (Å²) in [5.74, 6) is -2.09. The zero-order valence-electron chi connectivity index (χ0n) is 22.1. The van der Waals surface area contributed by atoms with Gasteiger partial charge < -0.3 is 9.47 Å². The quantitative estimate of drug-likeness (QED) is 0.290. The molecule has 0 aliphatic heterocycles. The van der Waals surface area contributed by atoms with Crippen LogP contribution in [0.5, 0.6) is 0 Å². The van der Waals surface area contributed by atoms with Gasteiger partial charge >= 0.3 is 23.9 Å². The maximum absolute atomic E-state index is 12.1. The van der Waals surface area contributed by atoms with Crippen molar-refractivity contribution < 1.29 is 33.4 Å². The number of ketones is 1. The zero-order chi connectivity index (χ0) is 27.4. The summed E-state index contributed by atoms with van der Waals surface area (Å²) in [4.78, 5) is 51.4. The van der Waals surface area contributed by atoms with Gasteiger partial charge in [-0.25, -0.2) is 0 Å². The molecule has 2 aromatic carbocycles. The first kappa shape index (κ1) is 33.6. The molecule has 35 heavy (non-hydrogen) atoms. The van der Waals surface area contributed by atoms with Gasteiger partial charge in [0.15, 0.2) is 5.78 Å². The van der Waals surface area contributed by atoms with Gasteiger partial charge in [-0.2, -0.15) is 0 Å². The molecule has 0 heterocycles. The van der Waals surface area contributed by atoms with E-state index < -0.39 is 23.9 Å². The number of benzene rings is 2. The third-order valence-corrected chi connectivity index (χ3v) is 3.48. The predicted octanol–water partition coefficient (Wildman–Crippen LogP) is 5.85. The van der Waals surface area contributed by atoms with E-state index in [9.17, 15) is 24.0 Å². The van der Waals surface area contributed by atoms with E-state index in [2.05, 4.69) is 37.2 Å². The van der Waals surface area contributed by atoms with E-state index in [4.69, 9.17) is 0 Å². The molecule has 2 aromatic rings. The lowest BCUT2D eigenvalue weighted by atomic mass is 9.85. The van der Waals surface area contributed by atoms with Gasteiger partial charge in [-0.1, -0.05) is 89.1 Å². The molecule has 0 fully saturated rings. The first-order valence-electron chi connectivity index (χ1n) is 11.5. The van der Waals surface area contributed by atoms with Crippen LogP contribution in [-0.4, -0.2) is 29.7 Å². The number of hydrogen-bond acceptors (Lipinski definition) is 7. The van der Waals surface area contributed by atoms with Crippen LogP contribution in [0.3, 0.4) is 0 Å². The minimum absolute atomic E-state index is 0.160. The lowest BCUT2D eigenvalue weighted by Crippen LogP contribution is -2.14. The molecule has 0 saturated carbocycles. The zero-order valence-corrected chi connectivity index (χ0v) is 22.1. The van der Waals surface area contributed by atoms with Crippen LogP contribution in [0.2, 0.25) is 0 Å². The van der Waals surface area contributed by atoms with Gasteiger partial charge in [-0.15, -0.1) is 0 Å². The van der Waals surface area contributed by atoms with Crippen molar-refractivity contribution in [1.29, 1.82) is 0 Å². The lowest BCUT2D eigenvalue weighted by Gasteiger charge is -2.17. The molecule has 0 aromatic heterocycles. The number of hydrogen-bond donors (Lipinski definition) is 0. The van der Waals surface area contributed by atoms with Crippen molar-refractivity contribution in [2.75, 3.05) is 0 Å². The van der Waals surface area contributed by atoms with E-state index >= 15 is 0 Å². The van der Waals surface area contributed by atoms with Gasteiger partial charge in [0.05, 0.1) is 0 Å². The number of ether oxygens (including phenoxy) is 2. The van der Waals surface area contributed by atoms with Gasteiger partial charge in [0.1, 0.15) is 0 Å². The van der Waals surface area contributed by atoms with E-state index in [0.29, 0.717) is 0 Å². The van der Waals surface area contributed by atoms with Crippen LogP contribution in [0, 0.1) is 0 Å². The second-order valence-corrected chi connectivity index (χ2v) is 7.40. The maximum atomic E-state index is 12.1. The Morgan fingerprint density at radius 3 is 1.09 bits per heavy atom. The van der Waals surface area contributed by atoms with Gasteiger partial charge in [-0.3, -0.25) is 24.0 Å². The molecule has 0 N–H and O–H groups in total. The number of carbonyl (C=O) groups excluding carboxylic acids is 5. The van der Waals surface area contributed by atoms with E-state index in [1.54, 1.807) is 0 Å². The molecule has 3 rings (SSSR count). The van der Waals surface area contributed by atoms with Crippen molar-refractivity contribution in [3.63, 3.8) is 0 Å². The second kappa shape index (κ2) is 19.8. The first-order chi connectivity index (χ1) is 16.4. The van der Waals surface area contributed by atoms with Crippen molar-refractivity contribution in [3.8, 4) is 0 Å². The number of esters is 4. The van der Waals surface area contributed by atoms with E-state index in [1.807, 2.05) is 48.5 Å². The van der Waals surface area contributed by atoms with Crippen LogP contribution < -0.4 is 0 Å². The third-order valence-electron chi connectivity index (χ3n) is 3.48. The molecule has 0 atom stereocenters. The van der Waals surface area contributed by atoms with Crippen molar-refractivity contribution >= 4 is 29.7 Å². The van der Waals surface area contributed by atoms with Crippen LogP contribution in [0.25, 0.3) is 0 Å². The Bertz CT molecular complexity index is 862. The molecule has 0 saturated heterocycles. The molecular weight excluding hydrogens is 448 g/mol. The molecule has 0 spiro atoms. The monoisotopic (exact) mass is 486 g/mol. The highest BCUT2D eigenvalue weighted by Gasteiger charge is 2.21.